The summed E-state index contributed by atoms with van der Waals surface area (Å²) >= 11 is 0. The number of imidazole rings is 1. The quantitative estimate of drug-likeness (QED) is 0.755. The highest BCUT2D eigenvalue weighted by atomic mass is 19.4. The summed E-state index contributed by atoms with van der Waals surface area (Å²) in [4.78, 5) is 16.4. The number of aryl methyl sites for hydroxylation is 1. The molecule has 1 N–H and O–H groups in total. The third-order valence-electron chi connectivity index (χ3n) is 3.73. The number of carbonyl (C=O) groups excluding carboxylic acids is 1. The first-order chi connectivity index (χ1) is 12.8. The average molecular weight is 377 g/mol. The van der Waals surface area contributed by atoms with Gasteiger partial charge in [-0.2, -0.15) is 13.2 Å². The third-order valence-corrected chi connectivity index (χ3v) is 3.73. The molecule has 0 bridgehead atoms. The van der Waals surface area contributed by atoms with Gasteiger partial charge in [0.1, 0.15) is 11.6 Å². The van der Waals surface area contributed by atoms with Crippen LogP contribution >= 0.6 is 0 Å². The summed E-state index contributed by atoms with van der Waals surface area (Å²) < 4.78 is 45.4. The molecule has 27 heavy (non-hydrogen) atoms. The molecule has 0 aliphatic heterocycles. The zero-order chi connectivity index (χ0) is 19.6. The molecule has 7 nitrogen and oxygen atoms in total. The van der Waals surface area contributed by atoms with Crippen molar-refractivity contribution in [2.75, 3.05) is 12.4 Å². The Morgan fingerprint density at radius 1 is 1.19 bits per heavy atom. The number of benzene rings is 1. The summed E-state index contributed by atoms with van der Waals surface area (Å²) in [5.74, 6) is 0.525. The number of methoxy groups -OCH3 is 1. The smallest absolute Gasteiger partial charge is 0.416 e. The van der Waals surface area contributed by atoms with Crippen molar-refractivity contribution in [3.05, 3.63) is 59.8 Å². The van der Waals surface area contributed by atoms with Gasteiger partial charge in [-0.05, 0) is 37.3 Å². The number of nitrogens with zero attached hydrogens (tertiary/aromatic N) is 4. The Morgan fingerprint density at radius 2 is 1.96 bits per heavy atom. The molecule has 0 unspecified atom stereocenters. The highest BCUT2D eigenvalue weighted by Crippen LogP contribution is 2.35. The number of hydrogen-bond acceptors (Lipinski definition) is 5. The first-order valence-electron chi connectivity index (χ1n) is 7.70. The summed E-state index contributed by atoms with van der Waals surface area (Å²) in [6.07, 6.45) is -1.26. The van der Waals surface area contributed by atoms with E-state index in [-0.39, 0.29) is 17.1 Å². The van der Waals surface area contributed by atoms with E-state index in [9.17, 15) is 18.0 Å². The maximum absolute atomic E-state index is 12.9. The molecule has 140 valence electrons. The Kier molecular flexibility index (Phi) is 4.80. The van der Waals surface area contributed by atoms with Crippen molar-refractivity contribution >= 4 is 11.6 Å². The molecule has 3 aromatic rings. The van der Waals surface area contributed by atoms with Gasteiger partial charge >= 0.3 is 6.18 Å². The van der Waals surface area contributed by atoms with Crippen molar-refractivity contribution in [1.29, 1.82) is 0 Å². The Morgan fingerprint density at radius 3 is 2.52 bits per heavy atom. The molecule has 1 aromatic carbocycles. The van der Waals surface area contributed by atoms with Crippen LogP contribution in [0.4, 0.5) is 18.9 Å². The van der Waals surface area contributed by atoms with Gasteiger partial charge < -0.3 is 10.1 Å². The minimum absolute atomic E-state index is 0.0593. The zero-order valence-electron chi connectivity index (χ0n) is 14.3. The SMILES string of the molecule is COc1ccc(C(F)(F)F)cc1NC(=O)c1ccc(-n2ccnc2C)nn1. The molecule has 0 atom stereocenters. The first-order valence-corrected chi connectivity index (χ1v) is 7.70. The highest BCUT2D eigenvalue weighted by molar-refractivity contribution is 6.03. The molecule has 2 aromatic heterocycles. The van der Waals surface area contributed by atoms with Crippen LogP contribution in [0.3, 0.4) is 0 Å². The summed E-state index contributed by atoms with van der Waals surface area (Å²) in [5, 5.41) is 10.1. The lowest BCUT2D eigenvalue weighted by Gasteiger charge is -2.13. The Bertz CT molecular complexity index is 967. The van der Waals surface area contributed by atoms with E-state index in [0.29, 0.717) is 11.6 Å². The Labute approximate surface area is 151 Å². The fourth-order valence-corrected chi connectivity index (χ4v) is 2.36. The molecule has 0 spiro atoms. The van der Waals surface area contributed by atoms with Gasteiger partial charge in [-0.1, -0.05) is 0 Å². The van der Waals surface area contributed by atoms with Crippen LogP contribution in [0.5, 0.6) is 5.75 Å². The average Bonchev–Trinajstić information content (AvgIpc) is 3.07. The number of nitrogens with one attached hydrogen (secondary N) is 1. The molecule has 0 saturated carbocycles. The summed E-state index contributed by atoms with van der Waals surface area (Å²) in [6, 6.07) is 5.77. The number of carbonyl (C=O) groups is 1. The lowest BCUT2D eigenvalue weighted by atomic mass is 10.1. The van der Waals surface area contributed by atoms with Crippen LogP contribution in [0.15, 0.2) is 42.7 Å². The fourth-order valence-electron chi connectivity index (χ4n) is 2.36. The van der Waals surface area contributed by atoms with Gasteiger partial charge in [-0.25, -0.2) is 4.98 Å². The van der Waals surface area contributed by atoms with Gasteiger partial charge in [0.25, 0.3) is 5.91 Å². The molecule has 2 heterocycles. The second-order valence-electron chi connectivity index (χ2n) is 5.49. The molecule has 0 saturated heterocycles. The first kappa shape index (κ1) is 18.4. The van der Waals surface area contributed by atoms with Crippen molar-refractivity contribution in [2.24, 2.45) is 0 Å². The monoisotopic (exact) mass is 377 g/mol. The predicted octanol–water partition coefficient (Wildman–Crippen LogP) is 3.25. The number of anilines is 1. The lowest BCUT2D eigenvalue weighted by Crippen LogP contribution is -2.16. The standard InChI is InChI=1S/C17H14F3N5O2/c1-10-21-7-8-25(10)15-6-4-12(23-24-15)16(26)22-13-9-11(17(18,19)20)3-5-14(13)27-2/h3-9H,1-2H3,(H,22,26). The second-order valence-corrected chi connectivity index (χ2v) is 5.49. The van der Waals surface area contributed by atoms with Gasteiger partial charge in [-0.3, -0.25) is 9.36 Å². The van der Waals surface area contributed by atoms with Crippen molar-refractivity contribution in [3.8, 4) is 11.6 Å². The normalized spacial score (nSPS) is 11.3. The number of amides is 1. The van der Waals surface area contributed by atoms with Crippen molar-refractivity contribution in [2.45, 2.75) is 13.1 Å². The number of rotatable bonds is 4. The molecule has 1 amide bonds. The van der Waals surface area contributed by atoms with E-state index in [1.165, 1.54) is 13.2 Å². The number of alkyl halides is 3. The number of ether oxygens (including phenoxy) is 1. The van der Waals surface area contributed by atoms with E-state index in [1.807, 2.05) is 0 Å². The number of halogens is 3. The van der Waals surface area contributed by atoms with Crippen LogP contribution < -0.4 is 10.1 Å². The molecular formula is C17H14F3N5O2. The van der Waals surface area contributed by atoms with E-state index in [0.717, 1.165) is 18.2 Å². The van der Waals surface area contributed by atoms with E-state index in [2.05, 4.69) is 20.5 Å². The third kappa shape index (κ3) is 3.89. The summed E-state index contributed by atoms with van der Waals surface area (Å²) in [6.45, 7) is 1.78. The minimum atomic E-state index is -4.55. The Hall–Kier alpha value is -3.43. The predicted molar refractivity (Wildman–Crippen MR) is 89.8 cm³/mol. The molecule has 0 aliphatic rings. The highest BCUT2D eigenvalue weighted by Gasteiger charge is 2.31. The number of aromatic nitrogens is 4. The van der Waals surface area contributed by atoms with Crippen LogP contribution in [0.2, 0.25) is 0 Å². The zero-order valence-corrected chi connectivity index (χ0v) is 14.3. The largest absolute Gasteiger partial charge is 0.495 e. The molecule has 0 radical (unpaired) electrons. The van der Waals surface area contributed by atoms with E-state index >= 15 is 0 Å². The molecule has 0 fully saturated rings. The lowest BCUT2D eigenvalue weighted by molar-refractivity contribution is -0.137. The molecule has 3 rings (SSSR count). The minimum Gasteiger partial charge on any atom is -0.495 e. The van der Waals surface area contributed by atoms with E-state index in [1.54, 1.807) is 30.0 Å². The van der Waals surface area contributed by atoms with Crippen LogP contribution in [0.1, 0.15) is 21.9 Å². The van der Waals surface area contributed by atoms with Crippen LogP contribution in [-0.4, -0.2) is 32.8 Å². The maximum atomic E-state index is 12.9. The van der Waals surface area contributed by atoms with Crippen LogP contribution in [-0.2, 0) is 6.18 Å². The Balaban J connectivity index is 1.84. The van der Waals surface area contributed by atoms with Gasteiger partial charge in [0.05, 0.1) is 18.4 Å². The van der Waals surface area contributed by atoms with Crippen LogP contribution in [0, 0.1) is 6.92 Å². The summed E-state index contributed by atoms with van der Waals surface area (Å²) in [7, 11) is 1.29. The molecular weight excluding hydrogens is 363 g/mol. The van der Waals surface area contributed by atoms with Crippen molar-refractivity contribution in [3.63, 3.8) is 0 Å². The fraction of sp³-hybridized carbons (Fsp3) is 0.176. The second kappa shape index (κ2) is 7.06. The van der Waals surface area contributed by atoms with Gasteiger partial charge in [0.15, 0.2) is 11.5 Å². The van der Waals surface area contributed by atoms with Gasteiger partial charge in [-0.15, -0.1) is 10.2 Å². The van der Waals surface area contributed by atoms with Crippen LogP contribution in [0.25, 0.3) is 5.82 Å². The van der Waals surface area contributed by atoms with E-state index < -0.39 is 17.6 Å². The van der Waals surface area contributed by atoms with E-state index in [4.69, 9.17) is 4.74 Å². The van der Waals surface area contributed by atoms with Gasteiger partial charge in [0, 0.05) is 12.4 Å². The van der Waals surface area contributed by atoms with Crippen molar-refractivity contribution in [1.82, 2.24) is 19.7 Å². The maximum Gasteiger partial charge on any atom is 0.416 e. The molecule has 0 aliphatic carbocycles. The molecule has 10 heteroatoms. The van der Waals surface area contributed by atoms with Crippen molar-refractivity contribution < 1.29 is 22.7 Å². The summed E-state index contributed by atoms with van der Waals surface area (Å²) in [5.41, 5.74) is -1.08. The van der Waals surface area contributed by atoms with Gasteiger partial charge in [0.2, 0.25) is 0 Å². The number of hydrogen-bond donors (Lipinski definition) is 1. The topological polar surface area (TPSA) is 81.9 Å².